The summed E-state index contributed by atoms with van der Waals surface area (Å²) in [5, 5.41) is 10.4. The summed E-state index contributed by atoms with van der Waals surface area (Å²) in [4.78, 5) is 9.93. The molecule has 6 nitrogen and oxygen atoms in total. The molecule has 0 aliphatic heterocycles. The number of furan rings is 1. The third-order valence-electron chi connectivity index (χ3n) is 2.12. The summed E-state index contributed by atoms with van der Waals surface area (Å²) in [6.07, 6.45) is 1.66. The van der Waals surface area contributed by atoms with Crippen LogP contribution in [-0.4, -0.2) is 4.92 Å². The molecule has 1 aromatic heterocycles. The van der Waals surface area contributed by atoms with Crippen molar-refractivity contribution in [2.45, 2.75) is 6.16 Å². The molecule has 7 heteroatoms. The maximum absolute atomic E-state index is 11.6. The molecule has 1 unspecified atom stereocenters. The van der Waals surface area contributed by atoms with Gasteiger partial charge in [-0.05, 0) is 28.8 Å². The van der Waals surface area contributed by atoms with Crippen molar-refractivity contribution in [2.75, 3.05) is 0 Å². The van der Waals surface area contributed by atoms with Crippen LogP contribution in [0.25, 0.3) is 0 Å². The van der Waals surface area contributed by atoms with E-state index in [0.29, 0.717) is 11.5 Å². The molecule has 1 atom stereocenters. The number of non-ortho nitro benzene ring substituents is 1. The molecule has 0 aliphatic rings. The Bertz CT molecular complexity index is 549. The fourth-order valence-electron chi connectivity index (χ4n) is 1.31. The van der Waals surface area contributed by atoms with Crippen LogP contribution in [0.2, 0.25) is 0 Å². The molecule has 18 heavy (non-hydrogen) atoms. The molecule has 2 rings (SSSR count). The second-order valence-corrected chi connectivity index (χ2v) is 4.58. The second-order valence-electron chi connectivity index (χ2n) is 3.41. The number of benzene rings is 1. The van der Waals surface area contributed by atoms with E-state index in [1.54, 1.807) is 12.1 Å². The normalized spacial score (nSPS) is 11.0. The van der Waals surface area contributed by atoms with Gasteiger partial charge in [-0.2, -0.15) is 0 Å². The van der Waals surface area contributed by atoms with Crippen molar-refractivity contribution >= 4 is 13.7 Å². The van der Waals surface area contributed by atoms with Crippen molar-refractivity contribution in [2.24, 2.45) is 0 Å². The first-order valence-electron chi connectivity index (χ1n) is 5.04. The molecule has 1 aromatic carbocycles. The number of nitro benzene ring substituents is 1. The van der Waals surface area contributed by atoms with Crippen LogP contribution in [0.3, 0.4) is 0 Å². The maximum atomic E-state index is 11.6. The molecule has 0 radical (unpaired) electrons. The molecule has 0 saturated heterocycles. The van der Waals surface area contributed by atoms with Gasteiger partial charge in [0.25, 0.3) is 5.69 Å². The van der Waals surface area contributed by atoms with Crippen molar-refractivity contribution in [1.82, 2.24) is 0 Å². The Labute approximate surface area is 103 Å². The molecule has 2 aromatic rings. The van der Waals surface area contributed by atoms with Gasteiger partial charge in [0.15, 0.2) is 11.5 Å². The van der Waals surface area contributed by atoms with Crippen LogP contribution in [-0.2, 0) is 10.7 Å². The summed E-state index contributed by atoms with van der Waals surface area (Å²) in [6, 6.07) is 8.81. The smallest absolute Gasteiger partial charge is 0.465 e. The zero-order valence-electron chi connectivity index (χ0n) is 9.18. The van der Waals surface area contributed by atoms with Crippen LogP contribution < -0.4 is 4.52 Å². The van der Waals surface area contributed by atoms with E-state index >= 15 is 0 Å². The lowest BCUT2D eigenvalue weighted by molar-refractivity contribution is -0.384. The van der Waals surface area contributed by atoms with Gasteiger partial charge in [0.05, 0.1) is 11.2 Å². The Balaban J connectivity index is 1.97. The highest BCUT2D eigenvalue weighted by molar-refractivity contribution is 7.38. The highest BCUT2D eigenvalue weighted by atomic mass is 31.1. The Morgan fingerprint density at radius 1 is 1.28 bits per heavy atom. The van der Waals surface area contributed by atoms with Gasteiger partial charge in [0, 0.05) is 12.1 Å². The summed E-state index contributed by atoms with van der Waals surface area (Å²) >= 11 is 0. The quantitative estimate of drug-likeness (QED) is 0.469. The molecule has 0 amide bonds. The van der Waals surface area contributed by atoms with Gasteiger partial charge in [0.2, 0.25) is 6.16 Å². The summed E-state index contributed by atoms with van der Waals surface area (Å²) in [5.41, 5.74) is -0.0383. The summed E-state index contributed by atoms with van der Waals surface area (Å²) < 4.78 is 21.8. The average Bonchev–Trinajstić information content (AvgIpc) is 2.82. The minimum absolute atomic E-state index is 0.0383. The molecule has 0 aliphatic carbocycles. The Kier molecular flexibility index (Phi) is 3.69. The fourth-order valence-corrected chi connectivity index (χ4v) is 2.16. The number of nitro groups is 1. The van der Waals surface area contributed by atoms with E-state index in [1.165, 1.54) is 30.5 Å². The SMILES string of the molecule is O=[N+]([O-])c1ccc(O[P+](=O)Cc2ccco2)cc1. The lowest BCUT2D eigenvalue weighted by Crippen LogP contribution is -1.88. The zero-order valence-corrected chi connectivity index (χ0v) is 10.1. The van der Waals surface area contributed by atoms with Gasteiger partial charge in [-0.25, -0.2) is 0 Å². The fraction of sp³-hybridized carbons (Fsp3) is 0.0909. The Morgan fingerprint density at radius 3 is 2.56 bits per heavy atom. The first-order chi connectivity index (χ1) is 8.65. The van der Waals surface area contributed by atoms with Gasteiger partial charge in [-0.1, -0.05) is 0 Å². The standard InChI is InChI=1S/C11H9NO5P/c13-12(14)9-3-5-10(6-4-9)17-18(15)8-11-2-1-7-16-11/h1-7H,8H2/q+1. The molecular weight excluding hydrogens is 257 g/mol. The van der Waals surface area contributed by atoms with Gasteiger partial charge < -0.3 is 4.42 Å². The van der Waals surface area contributed by atoms with Crippen molar-refractivity contribution in [3.05, 3.63) is 58.5 Å². The highest BCUT2D eigenvalue weighted by Crippen LogP contribution is 2.31. The van der Waals surface area contributed by atoms with Crippen LogP contribution in [0, 0.1) is 10.1 Å². The Morgan fingerprint density at radius 2 is 2.00 bits per heavy atom. The monoisotopic (exact) mass is 266 g/mol. The molecule has 92 valence electrons. The first-order valence-corrected chi connectivity index (χ1v) is 6.41. The van der Waals surface area contributed by atoms with Gasteiger partial charge >= 0.3 is 8.03 Å². The molecule has 0 fully saturated rings. The van der Waals surface area contributed by atoms with Gasteiger partial charge in [-0.15, -0.1) is 0 Å². The second kappa shape index (κ2) is 5.42. The average molecular weight is 266 g/mol. The lowest BCUT2D eigenvalue weighted by atomic mass is 10.3. The summed E-state index contributed by atoms with van der Waals surface area (Å²) in [5.74, 6) is 0.895. The number of nitrogens with zero attached hydrogens (tertiary/aromatic N) is 1. The van der Waals surface area contributed by atoms with Crippen LogP contribution in [0.1, 0.15) is 5.76 Å². The summed E-state index contributed by atoms with van der Waals surface area (Å²) in [6.45, 7) is 0. The molecule has 0 saturated carbocycles. The predicted octanol–water partition coefficient (Wildman–Crippen LogP) is 3.51. The van der Waals surface area contributed by atoms with Crippen molar-refractivity contribution in [1.29, 1.82) is 0 Å². The largest absolute Gasteiger partial charge is 0.564 e. The van der Waals surface area contributed by atoms with E-state index in [2.05, 4.69) is 0 Å². The van der Waals surface area contributed by atoms with Crippen molar-refractivity contribution in [3.8, 4) is 5.75 Å². The lowest BCUT2D eigenvalue weighted by Gasteiger charge is -1.93. The van der Waals surface area contributed by atoms with E-state index in [-0.39, 0.29) is 11.8 Å². The topological polar surface area (TPSA) is 82.6 Å². The molecule has 0 bridgehead atoms. The third kappa shape index (κ3) is 3.15. The number of rotatable bonds is 5. The van der Waals surface area contributed by atoms with Crippen molar-refractivity contribution in [3.63, 3.8) is 0 Å². The molecular formula is C11H9NO5P+. The maximum Gasteiger partial charge on any atom is 0.564 e. The molecule has 0 N–H and O–H groups in total. The van der Waals surface area contributed by atoms with E-state index < -0.39 is 13.0 Å². The number of hydrogen-bond acceptors (Lipinski definition) is 5. The third-order valence-corrected chi connectivity index (χ3v) is 3.10. The first kappa shape index (κ1) is 12.3. The van der Waals surface area contributed by atoms with Gasteiger partial charge in [0.1, 0.15) is 0 Å². The van der Waals surface area contributed by atoms with E-state index in [1.807, 2.05) is 0 Å². The summed E-state index contributed by atoms with van der Waals surface area (Å²) in [7, 11) is -1.95. The zero-order chi connectivity index (χ0) is 13.0. The number of hydrogen-bond donors (Lipinski definition) is 0. The molecule has 0 spiro atoms. The van der Waals surface area contributed by atoms with Crippen LogP contribution in [0.4, 0.5) is 5.69 Å². The van der Waals surface area contributed by atoms with Crippen LogP contribution >= 0.6 is 8.03 Å². The minimum atomic E-state index is -1.95. The van der Waals surface area contributed by atoms with Crippen LogP contribution in [0.5, 0.6) is 5.75 Å². The predicted molar refractivity (Wildman–Crippen MR) is 63.7 cm³/mol. The molecule has 1 heterocycles. The van der Waals surface area contributed by atoms with Gasteiger partial charge in [-0.3, -0.25) is 14.6 Å². The van der Waals surface area contributed by atoms with Crippen molar-refractivity contribution < 1.29 is 18.4 Å². The highest BCUT2D eigenvalue weighted by Gasteiger charge is 2.22. The minimum Gasteiger partial charge on any atom is -0.465 e. The Hall–Kier alpha value is -2.20. The van der Waals surface area contributed by atoms with E-state index in [0.717, 1.165) is 0 Å². The van der Waals surface area contributed by atoms with E-state index in [9.17, 15) is 14.7 Å². The van der Waals surface area contributed by atoms with Crippen LogP contribution in [0.15, 0.2) is 47.1 Å². The van der Waals surface area contributed by atoms with E-state index in [4.69, 9.17) is 8.94 Å².